The summed E-state index contributed by atoms with van der Waals surface area (Å²) >= 11 is 0. The number of piperidine rings is 1. The Morgan fingerprint density at radius 3 is 2.50 bits per heavy atom. The van der Waals surface area contributed by atoms with Crippen LogP contribution in [0.5, 0.6) is 0 Å². The fraction of sp³-hybridized carbons (Fsp3) is 0.895. The second kappa shape index (κ2) is 7.85. The second-order valence-electron chi connectivity index (χ2n) is 8.31. The lowest BCUT2D eigenvalue weighted by Crippen LogP contribution is -2.47. The SMILES string of the molecule is NCC1(CC(=O)N2CCCC(C(=O)NCC3CC3)C2)CCCCC1. The zero-order valence-corrected chi connectivity index (χ0v) is 14.9. The third kappa shape index (κ3) is 4.50. The number of carbonyl (C=O) groups excluding carboxylic acids is 2. The molecule has 0 spiro atoms. The Balaban J connectivity index is 1.51. The van der Waals surface area contributed by atoms with Gasteiger partial charge in [-0.3, -0.25) is 9.59 Å². The van der Waals surface area contributed by atoms with E-state index >= 15 is 0 Å². The highest BCUT2D eigenvalue weighted by Crippen LogP contribution is 2.39. The van der Waals surface area contributed by atoms with Gasteiger partial charge in [0.05, 0.1) is 5.92 Å². The lowest BCUT2D eigenvalue weighted by molar-refractivity contribution is -0.138. The van der Waals surface area contributed by atoms with Gasteiger partial charge in [0.2, 0.25) is 11.8 Å². The first-order valence-electron chi connectivity index (χ1n) is 9.87. The van der Waals surface area contributed by atoms with E-state index in [1.807, 2.05) is 4.90 Å². The highest BCUT2D eigenvalue weighted by atomic mass is 16.2. The van der Waals surface area contributed by atoms with Crippen molar-refractivity contribution in [1.82, 2.24) is 10.2 Å². The first kappa shape index (κ1) is 17.7. The van der Waals surface area contributed by atoms with Gasteiger partial charge in [-0.2, -0.15) is 0 Å². The summed E-state index contributed by atoms with van der Waals surface area (Å²) in [6.07, 6.45) is 10.7. The van der Waals surface area contributed by atoms with Gasteiger partial charge in [0.15, 0.2) is 0 Å². The van der Waals surface area contributed by atoms with Crippen LogP contribution >= 0.6 is 0 Å². The Morgan fingerprint density at radius 2 is 1.83 bits per heavy atom. The average Bonchev–Trinajstić information content (AvgIpc) is 3.45. The van der Waals surface area contributed by atoms with Crippen molar-refractivity contribution in [3.05, 3.63) is 0 Å². The summed E-state index contributed by atoms with van der Waals surface area (Å²) in [4.78, 5) is 27.1. The van der Waals surface area contributed by atoms with Crippen molar-refractivity contribution < 1.29 is 9.59 Å². The second-order valence-corrected chi connectivity index (χ2v) is 8.31. The Kier molecular flexibility index (Phi) is 5.80. The summed E-state index contributed by atoms with van der Waals surface area (Å²) in [6, 6.07) is 0. The summed E-state index contributed by atoms with van der Waals surface area (Å²) in [5, 5.41) is 3.08. The van der Waals surface area contributed by atoms with Crippen molar-refractivity contribution in [2.45, 2.75) is 64.2 Å². The molecule has 1 atom stereocenters. The standard InChI is InChI=1S/C19H33N3O2/c20-14-19(8-2-1-3-9-19)11-17(23)22-10-4-5-16(13-22)18(24)21-12-15-6-7-15/h15-16H,1-14,20H2,(H,21,24). The number of hydrogen-bond acceptors (Lipinski definition) is 3. The molecule has 0 radical (unpaired) electrons. The molecule has 3 aliphatic rings. The lowest BCUT2D eigenvalue weighted by Gasteiger charge is -2.39. The number of likely N-dealkylation sites (tertiary alicyclic amines) is 1. The molecular weight excluding hydrogens is 302 g/mol. The quantitative estimate of drug-likeness (QED) is 0.780. The third-order valence-electron chi connectivity index (χ3n) is 6.28. The maximum Gasteiger partial charge on any atom is 0.224 e. The first-order chi connectivity index (χ1) is 11.6. The lowest BCUT2D eigenvalue weighted by atomic mass is 9.71. The number of carbonyl (C=O) groups is 2. The summed E-state index contributed by atoms with van der Waals surface area (Å²) < 4.78 is 0. The molecule has 5 heteroatoms. The maximum absolute atomic E-state index is 12.8. The van der Waals surface area contributed by atoms with Gasteiger partial charge in [-0.05, 0) is 56.4 Å². The average molecular weight is 335 g/mol. The fourth-order valence-corrected chi connectivity index (χ4v) is 4.32. The van der Waals surface area contributed by atoms with Gasteiger partial charge in [-0.15, -0.1) is 0 Å². The van der Waals surface area contributed by atoms with Crippen LogP contribution in [0.3, 0.4) is 0 Å². The molecule has 1 unspecified atom stereocenters. The van der Waals surface area contributed by atoms with Crippen LogP contribution in [0.25, 0.3) is 0 Å². The normalized spacial score (nSPS) is 26.9. The van der Waals surface area contributed by atoms with E-state index in [1.54, 1.807) is 0 Å². The molecular formula is C19H33N3O2. The van der Waals surface area contributed by atoms with E-state index in [9.17, 15) is 9.59 Å². The molecule has 0 aromatic rings. The molecule has 1 aliphatic heterocycles. The van der Waals surface area contributed by atoms with Gasteiger partial charge in [0.25, 0.3) is 0 Å². The number of amides is 2. The monoisotopic (exact) mass is 335 g/mol. The summed E-state index contributed by atoms with van der Waals surface area (Å²) in [5.74, 6) is 1.03. The van der Waals surface area contributed by atoms with E-state index in [0.29, 0.717) is 25.4 Å². The first-order valence-corrected chi connectivity index (χ1v) is 9.87. The molecule has 3 rings (SSSR count). The van der Waals surface area contributed by atoms with Crippen LogP contribution in [-0.4, -0.2) is 42.9 Å². The van der Waals surface area contributed by atoms with Crippen LogP contribution in [0.15, 0.2) is 0 Å². The van der Waals surface area contributed by atoms with Crippen molar-refractivity contribution in [3.63, 3.8) is 0 Å². The molecule has 2 amide bonds. The minimum Gasteiger partial charge on any atom is -0.356 e. The Bertz CT molecular complexity index is 456. The van der Waals surface area contributed by atoms with E-state index in [0.717, 1.165) is 38.8 Å². The fourth-order valence-electron chi connectivity index (χ4n) is 4.32. The number of nitrogens with two attached hydrogens (primary N) is 1. The Hall–Kier alpha value is -1.10. The van der Waals surface area contributed by atoms with Gasteiger partial charge in [0.1, 0.15) is 0 Å². The molecule has 0 bridgehead atoms. The largest absolute Gasteiger partial charge is 0.356 e. The Labute approximate surface area is 145 Å². The molecule has 0 aromatic carbocycles. The van der Waals surface area contributed by atoms with E-state index < -0.39 is 0 Å². The highest BCUT2D eigenvalue weighted by Gasteiger charge is 2.36. The zero-order valence-electron chi connectivity index (χ0n) is 14.9. The van der Waals surface area contributed by atoms with Gasteiger partial charge >= 0.3 is 0 Å². The third-order valence-corrected chi connectivity index (χ3v) is 6.28. The number of nitrogens with zero attached hydrogens (tertiary/aromatic N) is 1. The maximum atomic E-state index is 12.8. The molecule has 3 N–H and O–H groups in total. The molecule has 1 saturated heterocycles. The molecule has 24 heavy (non-hydrogen) atoms. The molecule has 1 heterocycles. The van der Waals surface area contributed by atoms with Crippen LogP contribution in [0.4, 0.5) is 0 Å². The zero-order chi connectivity index (χ0) is 17.0. The van der Waals surface area contributed by atoms with Crippen LogP contribution in [0.1, 0.15) is 64.2 Å². The number of rotatable bonds is 6. The molecule has 2 saturated carbocycles. The highest BCUT2D eigenvalue weighted by molar-refractivity contribution is 5.81. The summed E-state index contributed by atoms with van der Waals surface area (Å²) in [5.41, 5.74) is 6.04. The number of nitrogens with one attached hydrogen (secondary N) is 1. The predicted molar refractivity (Wildman–Crippen MR) is 94.2 cm³/mol. The van der Waals surface area contributed by atoms with Gasteiger partial charge in [-0.1, -0.05) is 19.3 Å². The molecule has 2 aliphatic carbocycles. The van der Waals surface area contributed by atoms with Crippen molar-refractivity contribution in [2.24, 2.45) is 23.0 Å². The minimum absolute atomic E-state index is 0.0104. The van der Waals surface area contributed by atoms with E-state index in [4.69, 9.17) is 5.73 Å². The van der Waals surface area contributed by atoms with Crippen molar-refractivity contribution in [2.75, 3.05) is 26.2 Å². The summed E-state index contributed by atoms with van der Waals surface area (Å²) in [7, 11) is 0. The smallest absolute Gasteiger partial charge is 0.224 e. The van der Waals surface area contributed by atoms with Crippen LogP contribution in [0, 0.1) is 17.3 Å². The molecule has 5 nitrogen and oxygen atoms in total. The molecule has 3 fully saturated rings. The topological polar surface area (TPSA) is 75.4 Å². The molecule has 0 aromatic heterocycles. The van der Waals surface area contributed by atoms with Gasteiger partial charge in [0, 0.05) is 26.1 Å². The molecule has 136 valence electrons. The number of hydrogen-bond donors (Lipinski definition) is 2. The van der Waals surface area contributed by atoms with Crippen molar-refractivity contribution >= 4 is 11.8 Å². The van der Waals surface area contributed by atoms with Gasteiger partial charge in [-0.25, -0.2) is 0 Å². The Morgan fingerprint density at radius 1 is 1.08 bits per heavy atom. The van der Waals surface area contributed by atoms with E-state index in [2.05, 4.69) is 5.32 Å². The summed E-state index contributed by atoms with van der Waals surface area (Å²) in [6.45, 7) is 2.82. The van der Waals surface area contributed by atoms with E-state index in [1.165, 1.54) is 32.1 Å². The van der Waals surface area contributed by atoms with Crippen molar-refractivity contribution in [1.29, 1.82) is 0 Å². The van der Waals surface area contributed by atoms with Crippen LogP contribution in [-0.2, 0) is 9.59 Å². The van der Waals surface area contributed by atoms with Crippen LogP contribution < -0.4 is 11.1 Å². The van der Waals surface area contributed by atoms with E-state index in [-0.39, 0.29) is 23.1 Å². The van der Waals surface area contributed by atoms with Gasteiger partial charge < -0.3 is 16.0 Å². The van der Waals surface area contributed by atoms with Crippen molar-refractivity contribution in [3.8, 4) is 0 Å². The predicted octanol–water partition coefficient (Wildman–Crippen LogP) is 2.05. The van der Waals surface area contributed by atoms with Crippen LogP contribution in [0.2, 0.25) is 0 Å². The minimum atomic E-state index is -0.0263.